The molecule has 1 aromatic heterocycles. The zero-order valence-electron chi connectivity index (χ0n) is 14.2. The maximum absolute atomic E-state index is 12.7. The summed E-state index contributed by atoms with van der Waals surface area (Å²) in [5.74, 6) is 0.000101. The monoisotopic (exact) mass is 417 g/mol. The normalized spacial score (nSPS) is 14.2. The lowest BCUT2D eigenvalue weighted by Gasteiger charge is -2.30. The van der Waals surface area contributed by atoms with Gasteiger partial charge in [0.25, 0.3) is 0 Å². The fourth-order valence-electron chi connectivity index (χ4n) is 3.04. The second-order valence-electron chi connectivity index (χ2n) is 6.26. The molecular weight excluding hydrogens is 402 g/mol. The molecule has 1 amide bonds. The van der Waals surface area contributed by atoms with Gasteiger partial charge in [-0.3, -0.25) is 4.79 Å². The molecule has 0 unspecified atom stereocenters. The number of nitrogens with zero attached hydrogens (tertiary/aromatic N) is 3. The van der Waals surface area contributed by atoms with E-state index in [1.165, 1.54) is 0 Å². The van der Waals surface area contributed by atoms with Crippen LogP contribution in [-0.2, 0) is 30.4 Å². The molecule has 0 atom stereocenters. The van der Waals surface area contributed by atoms with Crippen molar-refractivity contribution in [3.05, 3.63) is 57.1 Å². The zero-order chi connectivity index (χ0) is 19.6. The van der Waals surface area contributed by atoms with Crippen LogP contribution < -0.4 is 0 Å². The number of benzene rings is 1. The van der Waals surface area contributed by atoms with Crippen molar-refractivity contribution < 1.29 is 18.0 Å². The fourth-order valence-corrected chi connectivity index (χ4v) is 3.55. The summed E-state index contributed by atoms with van der Waals surface area (Å²) in [6.45, 7) is 0.916. The van der Waals surface area contributed by atoms with Gasteiger partial charge in [0.05, 0.1) is 0 Å². The third-order valence-corrected chi connectivity index (χ3v) is 5.15. The van der Waals surface area contributed by atoms with E-state index in [1.54, 1.807) is 17.0 Å². The fraction of sp³-hybridized carbons (Fsp3) is 0.389. The largest absolute Gasteiger partial charge is 0.433 e. The third-order valence-electron chi connectivity index (χ3n) is 4.44. The summed E-state index contributed by atoms with van der Waals surface area (Å²) in [7, 11) is 0. The molecule has 0 fully saturated rings. The number of amides is 1. The molecule has 1 aliphatic heterocycles. The summed E-state index contributed by atoms with van der Waals surface area (Å²) < 4.78 is 38.0. The number of rotatable bonds is 4. The molecule has 2 aromatic rings. The molecule has 144 valence electrons. The van der Waals surface area contributed by atoms with Crippen LogP contribution in [0.25, 0.3) is 0 Å². The molecule has 0 N–H and O–H groups in total. The van der Waals surface area contributed by atoms with E-state index in [2.05, 4.69) is 9.97 Å². The highest BCUT2D eigenvalue weighted by atomic mass is 35.5. The molecule has 0 bridgehead atoms. The van der Waals surface area contributed by atoms with Crippen molar-refractivity contribution in [1.29, 1.82) is 0 Å². The number of aryl methyl sites for hydroxylation is 1. The van der Waals surface area contributed by atoms with Crippen LogP contribution in [-0.4, -0.2) is 27.3 Å². The van der Waals surface area contributed by atoms with Crippen LogP contribution >= 0.6 is 23.2 Å². The Bertz CT molecular complexity index is 858. The topological polar surface area (TPSA) is 46.1 Å². The summed E-state index contributed by atoms with van der Waals surface area (Å²) in [5, 5.41) is 1.22. The van der Waals surface area contributed by atoms with Gasteiger partial charge in [-0.25, -0.2) is 9.97 Å². The second-order valence-corrected chi connectivity index (χ2v) is 7.08. The first-order valence-corrected chi connectivity index (χ1v) is 9.14. The van der Waals surface area contributed by atoms with E-state index in [1.807, 2.05) is 0 Å². The smallest absolute Gasteiger partial charge is 0.338 e. The Balaban J connectivity index is 1.57. The molecule has 9 heteroatoms. The molecule has 27 heavy (non-hydrogen) atoms. The number of halogens is 5. The Labute approximate surface area is 164 Å². The van der Waals surface area contributed by atoms with Crippen LogP contribution in [0.4, 0.5) is 13.2 Å². The highest BCUT2D eigenvalue weighted by molar-refractivity contribution is 6.34. The van der Waals surface area contributed by atoms with Crippen molar-refractivity contribution in [2.45, 2.75) is 38.4 Å². The summed E-state index contributed by atoms with van der Waals surface area (Å²) in [5.41, 5.74) is 0.841. The molecule has 3 rings (SSSR count). The number of carbonyl (C=O) groups excluding carboxylic acids is 1. The van der Waals surface area contributed by atoms with Crippen LogP contribution in [0, 0.1) is 0 Å². The van der Waals surface area contributed by atoms with Crippen molar-refractivity contribution >= 4 is 29.1 Å². The molecule has 4 nitrogen and oxygen atoms in total. The van der Waals surface area contributed by atoms with Gasteiger partial charge < -0.3 is 4.90 Å². The number of hydrogen-bond donors (Lipinski definition) is 0. The molecule has 0 saturated carbocycles. The first-order valence-electron chi connectivity index (χ1n) is 8.38. The van der Waals surface area contributed by atoms with E-state index < -0.39 is 11.9 Å². The molecule has 2 heterocycles. The van der Waals surface area contributed by atoms with Crippen LogP contribution in [0.15, 0.2) is 24.4 Å². The number of alkyl halides is 3. The maximum atomic E-state index is 12.7. The van der Waals surface area contributed by atoms with Crippen molar-refractivity contribution in [3.8, 4) is 0 Å². The van der Waals surface area contributed by atoms with Crippen molar-refractivity contribution in [2.75, 3.05) is 6.54 Å². The van der Waals surface area contributed by atoms with Gasteiger partial charge in [-0.1, -0.05) is 23.2 Å². The summed E-state index contributed by atoms with van der Waals surface area (Å²) in [6, 6.07) is 4.28. The Hall–Kier alpha value is -1.86. The molecular formula is C18H16Cl2F3N3O. The molecule has 0 radical (unpaired) electrons. The summed E-state index contributed by atoms with van der Waals surface area (Å²) >= 11 is 12.4. The van der Waals surface area contributed by atoms with Gasteiger partial charge in [0.15, 0.2) is 0 Å². The van der Waals surface area contributed by atoms with Gasteiger partial charge in [-0.15, -0.1) is 0 Å². The molecule has 0 aliphatic carbocycles. The standard InChI is InChI=1S/C18H16Cl2F3N3O/c19-13-4-5-14(20)12-10-26(9-7-11(12)13)17(27)3-1-2-16-24-8-6-15(25-16)18(21,22)23/h4-6,8H,1-3,7,9-10H2. The summed E-state index contributed by atoms with van der Waals surface area (Å²) in [4.78, 5) is 21.5. The van der Waals surface area contributed by atoms with Crippen LogP contribution in [0.2, 0.25) is 10.0 Å². The number of carbonyl (C=O) groups is 1. The van der Waals surface area contributed by atoms with Gasteiger partial charge in [-0.05, 0) is 42.2 Å². The minimum absolute atomic E-state index is 0.0799. The highest BCUT2D eigenvalue weighted by Gasteiger charge is 2.32. The lowest BCUT2D eigenvalue weighted by atomic mass is 9.99. The van der Waals surface area contributed by atoms with Crippen molar-refractivity contribution in [3.63, 3.8) is 0 Å². The third kappa shape index (κ3) is 4.71. The van der Waals surface area contributed by atoms with Gasteiger partial charge >= 0.3 is 6.18 Å². The van der Waals surface area contributed by atoms with E-state index in [-0.39, 0.29) is 24.6 Å². The molecule has 0 spiro atoms. The predicted molar refractivity (Wildman–Crippen MR) is 95.6 cm³/mol. The SMILES string of the molecule is O=C(CCCc1nccc(C(F)(F)F)n1)N1CCc2c(Cl)ccc(Cl)c2C1. The lowest BCUT2D eigenvalue weighted by Crippen LogP contribution is -2.36. The van der Waals surface area contributed by atoms with Crippen molar-refractivity contribution in [2.24, 2.45) is 0 Å². The Morgan fingerprint density at radius 1 is 1.15 bits per heavy atom. The van der Waals surface area contributed by atoms with E-state index in [0.29, 0.717) is 36.0 Å². The first kappa shape index (κ1) is 19.9. The van der Waals surface area contributed by atoms with Gasteiger partial charge in [0, 0.05) is 42.2 Å². The van der Waals surface area contributed by atoms with E-state index >= 15 is 0 Å². The zero-order valence-corrected chi connectivity index (χ0v) is 15.7. The predicted octanol–water partition coefficient (Wildman–Crippen LogP) is 4.71. The Kier molecular flexibility index (Phi) is 5.91. The highest BCUT2D eigenvalue weighted by Crippen LogP contribution is 2.32. The van der Waals surface area contributed by atoms with Crippen molar-refractivity contribution in [1.82, 2.24) is 14.9 Å². The van der Waals surface area contributed by atoms with Gasteiger partial charge in [0.1, 0.15) is 11.5 Å². The van der Waals surface area contributed by atoms with Crippen LogP contribution in [0.5, 0.6) is 0 Å². The molecule has 0 saturated heterocycles. The minimum atomic E-state index is -4.50. The Morgan fingerprint density at radius 2 is 1.85 bits per heavy atom. The minimum Gasteiger partial charge on any atom is -0.338 e. The average molecular weight is 418 g/mol. The molecule has 1 aromatic carbocycles. The van der Waals surface area contributed by atoms with E-state index in [4.69, 9.17) is 23.2 Å². The van der Waals surface area contributed by atoms with Crippen LogP contribution in [0.3, 0.4) is 0 Å². The second kappa shape index (κ2) is 8.02. The van der Waals surface area contributed by atoms with E-state index in [9.17, 15) is 18.0 Å². The van der Waals surface area contributed by atoms with Crippen LogP contribution in [0.1, 0.15) is 35.5 Å². The first-order chi connectivity index (χ1) is 12.8. The van der Waals surface area contributed by atoms with E-state index in [0.717, 1.165) is 23.4 Å². The maximum Gasteiger partial charge on any atom is 0.433 e. The quantitative estimate of drug-likeness (QED) is 0.723. The number of aromatic nitrogens is 2. The Morgan fingerprint density at radius 3 is 2.56 bits per heavy atom. The van der Waals surface area contributed by atoms with Gasteiger partial charge in [-0.2, -0.15) is 13.2 Å². The average Bonchev–Trinajstić information content (AvgIpc) is 2.64. The lowest BCUT2D eigenvalue weighted by molar-refractivity contribution is -0.141. The van der Waals surface area contributed by atoms with Gasteiger partial charge in [0.2, 0.25) is 5.91 Å². The number of fused-ring (bicyclic) bond motifs is 1. The summed E-state index contributed by atoms with van der Waals surface area (Å²) in [6.07, 6.45) is -2.03. The number of hydrogen-bond acceptors (Lipinski definition) is 3. The molecule has 1 aliphatic rings.